The highest BCUT2D eigenvalue weighted by atomic mass is 35.5. The lowest BCUT2D eigenvalue weighted by atomic mass is 10.00. The minimum Gasteiger partial charge on any atom is -0.508 e. The lowest BCUT2D eigenvalue weighted by molar-refractivity contribution is -0.137. The van der Waals surface area contributed by atoms with Crippen molar-refractivity contribution in [2.24, 2.45) is 22.9 Å². The second-order valence-corrected chi connectivity index (χ2v) is 20.3. The summed E-state index contributed by atoms with van der Waals surface area (Å²) in [5.74, 6) is -8.60. The molecule has 0 aliphatic carbocycles. The zero-order valence-corrected chi connectivity index (χ0v) is 45.4. The fourth-order valence-electron chi connectivity index (χ4n) is 8.76. The molecule has 27 heteroatoms. The molecule has 82 heavy (non-hydrogen) atoms. The van der Waals surface area contributed by atoms with Gasteiger partial charge in [0.05, 0.1) is 24.4 Å². The van der Waals surface area contributed by atoms with Gasteiger partial charge in [0.25, 0.3) is 0 Å². The van der Waals surface area contributed by atoms with E-state index in [0.29, 0.717) is 33.7 Å². The lowest BCUT2D eigenvalue weighted by Gasteiger charge is -2.28. The van der Waals surface area contributed by atoms with Crippen LogP contribution in [0.4, 0.5) is 0 Å². The number of primary amides is 2. The molecule has 18 N–H and O–H groups in total. The first-order chi connectivity index (χ1) is 39.0. The van der Waals surface area contributed by atoms with E-state index in [1.807, 2.05) is 0 Å². The lowest BCUT2D eigenvalue weighted by Crippen LogP contribution is -2.62. The van der Waals surface area contributed by atoms with Gasteiger partial charge in [-0.2, -0.15) is 0 Å². The fourth-order valence-corrected chi connectivity index (χ4v) is 8.88. The first kappa shape index (κ1) is 62.2. The van der Waals surface area contributed by atoms with E-state index in [0.717, 1.165) is 4.68 Å². The molecule has 1 aromatic heterocycles. The number of carbonyl (C=O) groups is 9. The van der Waals surface area contributed by atoms with Crippen molar-refractivity contribution in [1.29, 1.82) is 0 Å². The Labute approximate surface area is 475 Å². The molecule has 0 fully saturated rings. The van der Waals surface area contributed by atoms with Crippen LogP contribution in [0.15, 0.2) is 103 Å². The van der Waals surface area contributed by atoms with E-state index < -0.39 is 121 Å². The van der Waals surface area contributed by atoms with E-state index >= 15 is 0 Å². The monoisotopic (exact) mass is 1150 g/mol. The number of unbranched alkanes of at least 4 members (excludes halogenated alkanes) is 1. The number of carbonyl (C=O) groups excluding carboxylic acids is 9. The third-order valence-electron chi connectivity index (χ3n) is 13.3. The Balaban J connectivity index is 1.44. The van der Waals surface area contributed by atoms with Crippen LogP contribution in [0.25, 0.3) is 0 Å². The van der Waals surface area contributed by atoms with Crippen LogP contribution in [-0.2, 0) is 77.0 Å². The number of amides is 9. The SMILES string of the molecule is C[C@@H](O)[C@@H]1NC(=O)[C@H](CCCCN)NC(=O)[C@@H](Cc2ccc(C(N)=O)cc2)NC(=O)[C@H](Cc2ccc(O)cc2)NC(=O)[C@H](NC(=O)[C@@H](N)Cc2ccc(Cl)cc2)Cn2cc(nn2)C[C@@H](C(=O)N[C@H](Cc2ccc(O)cc2)C(N)=O)NC1=O. The Hall–Kier alpha value is -8.98. The average Bonchev–Trinajstić information content (AvgIpc) is 3.91. The van der Waals surface area contributed by atoms with Crippen LogP contribution in [0, 0.1) is 0 Å². The van der Waals surface area contributed by atoms with Crippen molar-refractivity contribution < 1.29 is 58.5 Å². The zero-order chi connectivity index (χ0) is 59.6. The number of halogens is 1. The number of aromatic hydroxyl groups is 2. The number of nitrogens with one attached hydrogen (secondary N) is 7. The highest BCUT2D eigenvalue weighted by Crippen LogP contribution is 2.17. The Morgan fingerprint density at radius 3 is 1.78 bits per heavy atom. The van der Waals surface area contributed by atoms with Gasteiger partial charge in [0.15, 0.2) is 0 Å². The summed E-state index contributed by atoms with van der Waals surface area (Å²) in [6, 6.07) is 11.5. The molecular weight excluding hydrogens is 1080 g/mol. The molecule has 2 heterocycles. The Morgan fingerprint density at radius 1 is 0.695 bits per heavy atom. The second-order valence-electron chi connectivity index (χ2n) is 19.9. The maximum Gasteiger partial charge on any atom is 0.248 e. The molecule has 2 bridgehead atoms. The highest BCUT2D eigenvalue weighted by Gasteiger charge is 2.37. The Morgan fingerprint density at radius 2 is 1.22 bits per heavy atom. The van der Waals surface area contributed by atoms with Gasteiger partial charge < -0.3 is 75.5 Å². The van der Waals surface area contributed by atoms with E-state index in [1.54, 1.807) is 24.3 Å². The van der Waals surface area contributed by atoms with Gasteiger partial charge in [-0.3, -0.25) is 43.2 Å². The molecule has 9 atom stereocenters. The van der Waals surface area contributed by atoms with Gasteiger partial charge in [0, 0.05) is 42.5 Å². The van der Waals surface area contributed by atoms with Crippen LogP contribution in [-0.4, -0.2) is 144 Å². The number of aromatic nitrogens is 3. The minimum absolute atomic E-state index is 0.00294. The molecule has 0 radical (unpaired) electrons. The summed E-state index contributed by atoms with van der Waals surface area (Å²) < 4.78 is 1.13. The first-order valence-electron chi connectivity index (χ1n) is 26.2. The summed E-state index contributed by atoms with van der Waals surface area (Å²) in [6.07, 6.45) is -0.996. The van der Waals surface area contributed by atoms with Gasteiger partial charge in [-0.05, 0) is 110 Å². The Kier molecular flexibility index (Phi) is 22.4. The average molecular weight is 1150 g/mol. The molecule has 6 rings (SSSR count). The van der Waals surface area contributed by atoms with Crippen LogP contribution in [0.3, 0.4) is 0 Å². The molecule has 0 spiro atoms. The first-order valence-corrected chi connectivity index (χ1v) is 26.6. The van der Waals surface area contributed by atoms with Gasteiger partial charge >= 0.3 is 0 Å². The maximum atomic E-state index is 14.8. The molecule has 5 aromatic rings. The third kappa shape index (κ3) is 18.5. The summed E-state index contributed by atoms with van der Waals surface area (Å²) in [5.41, 5.74) is 25.5. The number of hydrogen-bond donors (Lipinski definition) is 14. The van der Waals surface area contributed by atoms with Crippen molar-refractivity contribution in [3.63, 3.8) is 0 Å². The van der Waals surface area contributed by atoms with Crippen LogP contribution in [0.2, 0.25) is 5.02 Å². The predicted molar refractivity (Wildman–Crippen MR) is 296 cm³/mol. The number of aliphatic hydroxyl groups excluding tert-OH is 1. The molecule has 0 unspecified atom stereocenters. The standard InChI is InChI=1S/C55H67ClN14O12/c1-29(71)46-55(82)65-44(53(80)62-41(48(60)75)23-32-9-17-37(72)18-10-32)26-36-27-70(69-68-36)28-45(66-49(76)39(58)22-30-7-15-35(56)16-8-30)54(81)64-43(25-33-11-19-38(73)20-12-33)52(79)63-42(24-31-5-13-34(14-6-31)47(59)74)51(78)61-40(50(77)67-46)4-2-3-21-57/h5-20,27,29,39-46,71-73H,2-4,21-26,28,57-58H2,1H3,(H2,59,74)(H2,60,75)(H,61,78)(H,62,80)(H,63,79)(H,64,81)(H,65,82)(H,66,76)(H,67,77)/t29-,39+,40+,41-,42-,43+,44+,45-,46+/m1/s1. The normalized spacial score (nSPS) is 20.4. The van der Waals surface area contributed by atoms with Gasteiger partial charge in [-0.1, -0.05) is 65.3 Å². The highest BCUT2D eigenvalue weighted by molar-refractivity contribution is 6.30. The topological polar surface area (TPSA) is 433 Å². The quantitative estimate of drug-likeness (QED) is 0.0386. The summed E-state index contributed by atoms with van der Waals surface area (Å²) in [6.45, 7) is 0.881. The molecule has 9 amide bonds. The number of phenols is 2. The Bertz CT molecular complexity index is 3050. The number of hydrogen-bond acceptors (Lipinski definition) is 16. The summed E-state index contributed by atoms with van der Waals surface area (Å²) >= 11 is 6.08. The molecule has 4 aromatic carbocycles. The second kappa shape index (κ2) is 29.5. The third-order valence-corrected chi connectivity index (χ3v) is 13.6. The minimum atomic E-state index is -1.81. The van der Waals surface area contributed by atoms with Crippen molar-refractivity contribution in [1.82, 2.24) is 52.2 Å². The van der Waals surface area contributed by atoms with Crippen molar-refractivity contribution in [2.75, 3.05) is 6.54 Å². The fraction of sp³-hybridized carbons (Fsp3) is 0.364. The van der Waals surface area contributed by atoms with Crippen molar-refractivity contribution in [2.45, 2.75) is 119 Å². The van der Waals surface area contributed by atoms with Crippen LogP contribution >= 0.6 is 11.6 Å². The van der Waals surface area contributed by atoms with E-state index in [-0.39, 0.29) is 67.8 Å². The molecule has 1 aliphatic heterocycles. The van der Waals surface area contributed by atoms with Crippen molar-refractivity contribution in [3.8, 4) is 11.5 Å². The number of nitrogens with zero attached hydrogens (tertiary/aromatic N) is 3. The van der Waals surface area contributed by atoms with E-state index in [4.69, 9.17) is 34.5 Å². The number of phenolic OH excluding ortho intramolecular Hbond substituents is 2. The van der Waals surface area contributed by atoms with Crippen LogP contribution in [0.5, 0.6) is 11.5 Å². The number of fused-ring (bicyclic) bond motifs is 2. The molecule has 0 saturated carbocycles. The molecule has 1 aliphatic rings. The van der Waals surface area contributed by atoms with Gasteiger partial charge in [-0.15, -0.1) is 5.10 Å². The van der Waals surface area contributed by atoms with Crippen LogP contribution < -0.4 is 60.2 Å². The van der Waals surface area contributed by atoms with Crippen molar-refractivity contribution in [3.05, 3.63) is 142 Å². The van der Waals surface area contributed by atoms with E-state index in [9.17, 15) is 58.5 Å². The molecule has 26 nitrogen and oxygen atoms in total. The molecule has 0 saturated heterocycles. The summed E-state index contributed by atoms with van der Waals surface area (Å²) in [7, 11) is 0. The number of benzene rings is 4. The van der Waals surface area contributed by atoms with Crippen LogP contribution in [0.1, 0.15) is 64.5 Å². The number of rotatable bonds is 19. The predicted octanol–water partition coefficient (Wildman–Crippen LogP) is -2.32. The van der Waals surface area contributed by atoms with Gasteiger partial charge in [0.1, 0.15) is 53.8 Å². The van der Waals surface area contributed by atoms with E-state index in [2.05, 4.69) is 47.5 Å². The molecular formula is C55H67ClN14O12. The zero-order valence-electron chi connectivity index (χ0n) is 44.6. The van der Waals surface area contributed by atoms with E-state index in [1.165, 1.54) is 85.9 Å². The van der Waals surface area contributed by atoms with Gasteiger partial charge in [0.2, 0.25) is 53.2 Å². The summed E-state index contributed by atoms with van der Waals surface area (Å²) in [5, 5.41) is 58.0. The largest absolute Gasteiger partial charge is 0.508 e. The van der Waals surface area contributed by atoms with Gasteiger partial charge in [-0.25, -0.2) is 4.68 Å². The molecule has 436 valence electrons. The maximum absolute atomic E-state index is 14.8. The summed E-state index contributed by atoms with van der Waals surface area (Å²) in [4.78, 5) is 126. The number of nitrogens with two attached hydrogens (primary N) is 4. The smallest absolute Gasteiger partial charge is 0.248 e. The van der Waals surface area contributed by atoms with Crippen molar-refractivity contribution >= 4 is 64.8 Å². The number of aliphatic hydroxyl groups is 1.